The van der Waals surface area contributed by atoms with Gasteiger partial charge >= 0.3 is 0 Å². The highest BCUT2D eigenvalue weighted by atomic mass is 16.6. The second kappa shape index (κ2) is 8.78. The molecule has 0 aliphatic heterocycles. The highest BCUT2D eigenvalue weighted by Crippen LogP contribution is 2.68. The molecule has 0 bridgehead atoms. The predicted molar refractivity (Wildman–Crippen MR) is 128 cm³/mol. The van der Waals surface area contributed by atoms with E-state index in [-0.39, 0.29) is 0 Å². The molecule has 0 amide bonds. The normalized spacial score (nSPS) is 45.7. The van der Waals surface area contributed by atoms with Gasteiger partial charge < -0.3 is 4.84 Å². The van der Waals surface area contributed by atoms with Crippen LogP contribution in [0, 0.1) is 52.3 Å². The van der Waals surface area contributed by atoms with E-state index in [1.807, 2.05) is 0 Å². The monoisotopic (exact) mass is 415 g/mol. The van der Waals surface area contributed by atoms with Crippen molar-refractivity contribution in [2.75, 3.05) is 7.11 Å². The third kappa shape index (κ3) is 3.88. The second-order valence-electron chi connectivity index (χ2n) is 12.7. The van der Waals surface area contributed by atoms with Gasteiger partial charge in [-0.1, -0.05) is 59.0 Å². The minimum Gasteiger partial charge on any atom is -0.399 e. The summed E-state index contributed by atoms with van der Waals surface area (Å²) < 4.78 is 0. The molecule has 172 valence electrons. The van der Waals surface area contributed by atoms with E-state index in [4.69, 9.17) is 4.84 Å². The lowest BCUT2D eigenvalue weighted by atomic mass is 9.44. The van der Waals surface area contributed by atoms with Gasteiger partial charge in [0.15, 0.2) is 0 Å². The lowest BCUT2D eigenvalue weighted by Crippen LogP contribution is -2.53. The maximum atomic E-state index is 5.13. The molecule has 0 heterocycles. The molecule has 4 saturated carbocycles. The summed E-state index contributed by atoms with van der Waals surface area (Å²) in [5.41, 5.74) is 2.51. The molecule has 4 rings (SSSR count). The number of oxime groups is 1. The van der Waals surface area contributed by atoms with Crippen LogP contribution in [-0.2, 0) is 4.84 Å². The molecule has 30 heavy (non-hydrogen) atoms. The van der Waals surface area contributed by atoms with E-state index >= 15 is 0 Å². The summed E-state index contributed by atoms with van der Waals surface area (Å²) in [6.45, 7) is 12.8. The Kier molecular flexibility index (Phi) is 6.63. The highest BCUT2D eigenvalue weighted by Gasteiger charge is 2.60. The van der Waals surface area contributed by atoms with Gasteiger partial charge in [0.25, 0.3) is 0 Å². The van der Waals surface area contributed by atoms with Crippen molar-refractivity contribution in [1.82, 2.24) is 0 Å². The third-order valence-corrected chi connectivity index (χ3v) is 10.9. The molecule has 0 aromatic carbocycles. The first-order valence-corrected chi connectivity index (χ1v) is 13.4. The number of hydrogen-bond acceptors (Lipinski definition) is 2. The Hall–Kier alpha value is -0.530. The van der Waals surface area contributed by atoms with Crippen molar-refractivity contribution in [1.29, 1.82) is 0 Å². The van der Waals surface area contributed by atoms with Crippen molar-refractivity contribution in [2.45, 2.75) is 112 Å². The van der Waals surface area contributed by atoms with Crippen LogP contribution >= 0.6 is 0 Å². The minimum atomic E-state index is 0.554. The minimum absolute atomic E-state index is 0.554. The molecular weight excluding hydrogens is 366 g/mol. The van der Waals surface area contributed by atoms with Crippen LogP contribution in [0.4, 0.5) is 0 Å². The Balaban J connectivity index is 1.45. The average Bonchev–Trinajstić information content (AvgIpc) is 3.05. The Labute approximate surface area is 187 Å². The Morgan fingerprint density at radius 1 is 0.933 bits per heavy atom. The van der Waals surface area contributed by atoms with E-state index in [2.05, 4.69) is 39.8 Å². The SMILES string of the molecule is CO/N=C1\CC[C@@]2(C)[C@@H](CCC3[C@@H]2CC[C@]2(C)[C@@H]([C@H](C)CCCC(C)C)CC[C@@H]32)C1. The lowest BCUT2D eigenvalue weighted by molar-refractivity contribution is -0.105. The summed E-state index contributed by atoms with van der Waals surface area (Å²) in [5.74, 6) is 6.57. The third-order valence-electron chi connectivity index (χ3n) is 10.9. The van der Waals surface area contributed by atoms with Crippen LogP contribution in [0.5, 0.6) is 0 Å². The van der Waals surface area contributed by atoms with Crippen LogP contribution in [0.15, 0.2) is 5.16 Å². The Bertz CT molecular complexity index is 626. The summed E-state index contributed by atoms with van der Waals surface area (Å²) in [7, 11) is 1.71. The second-order valence-corrected chi connectivity index (χ2v) is 12.7. The van der Waals surface area contributed by atoms with Crippen molar-refractivity contribution >= 4 is 5.71 Å². The van der Waals surface area contributed by atoms with Crippen molar-refractivity contribution in [3.63, 3.8) is 0 Å². The summed E-state index contributed by atoms with van der Waals surface area (Å²) in [6.07, 6.45) is 17.0. The van der Waals surface area contributed by atoms with E-state index in [9.17, 15) is 0 Å². The summed E-state index contributed by atoms with van der Waals surface area (Å²) in [5, 5.41) is 4.36. The van der Waals surface area contributed by atoms with Gasteiger partial charge in [0, 0.05) is 0 Å². The fourth-order valence-electron chi connectivity index (χ4n) is 9.30. The molecular formula is C28H49NO. The van der Waals surface area contributed by atoms with E-state index in [0.717, 1.165) is 41.4 Å². The molecule has 0 radical (unpaired) electrons. The first-order valence-electron chi connectivity index (χ1n) is 13.4. The van der Waals surface area contributed by atoms with E-state index in [1.54, 1.807) is 7.11 Å². The average molecular weight is 416 g/mol. The van der Waals surface area contributed by atoms with Crippen LogP contribution in [0.25, 0.3) is 0 Å². The van der Waals surface area contributed by atoms with E-state index in [0.29, 0.717) is 10.8 Å². The molecule has 0 spiro atoms. The molecule has 0 N–H and O–H groups in total. The van der Waals surface area contributed by atoms with E-state index < -0.39 is 0 Å². The molecule has 4 aliphatic carbocycles. The largest absolute Gasteiger partial charge is 0.399 e. The zero-order chi connectivity index (χ0) is 21.5. The highest BCUT2D eigenvalue weighted by molar-refractivity contribution is 5.85. The van der Waals surface area contributed by atoms with Gasteiger partial charge in [-0.3, -0.25) is 0 Å². The Morgan fingerprint density at radius 2 is 1.70 bits per heavy atom. The number of fused-ring (bicyclic) bond motifs is 5. The summed E-state index contributed by atoms with van der Waals surface area (Å²) >= 11 is 0. The molecule has 1 unspecified atom stereocenters. The maximum absolute atomic E-state index is 5.13. The molecule has 0 aromatic heterocycles. The fraction of sp³-hybridized carbons (Fsp3) is 0.964. The molecule has 2 nitrogen and oxygen atoms in total. The smallest absolute Gasteiger partial charge is 0.106 e. The van der Waals surface area contributed by atoms with E-state index in [1.165, 1.54) is 82.8 Å². The van der Waals surface area contributed by atoms with Gasteiger partial charge in [-0.25, -0.2) is 0 Å². The lowest BCUT2D eigenvalue weighted by Gasteiger charge is -2.60. The van der Waals surface area contributed by atoms with Crippen LogP contribution < -0.4 is 0 Å². The summed E-state index contributed by atoms with van der Waals surface area (Å²) in [6, 6.07) is 0. The Morgan fingerprint density at radius 3 is 2.43 bits per heavy atom. The van der Waals surface area contributed by atoms with Crippen molar-refractivity contribution in [3.8, 4) is 0 Å². The number of hydrogen-bond donors (Lipinski definition) is 0. The zero-order valence-corrected chi connectivity index (χ0v) is 20.9. The van der Waals surface area contributed by atoms with Gasteiger partial charge in [-0.15, -0.1) is 0 Å². The standard InChI is InChI=1S/C28H49NO/c1-19(2)8-7-9-20(3)24-12-13-25-23-11-10-21-18-22(29-30-6)14-16-27(21,4)26(23)15-17-28(24,25)5/h19-21,23-26H,7-18H2,1-6H3/b29-22+/t20-,21+,23?,24-,25+,26+,27+,28-/m1/s1. The maximum Gasteiger partial charge on any atom is 0.106 e. The molecule has 4 fully saturated rings. The molecule has 0 aromatic rings. The number of nitrogens with zero attached hydrogens (tertiary/aromatic N) is 1. The van der Waals surface area contributed by atoms with Crippen molar-refractivity contribution in [3.05, 3.63) is 0 Å². The van der Waals surface area contributed by atoms with Crippen LogP contribution in [0.1, 0.15) is 112 Å². The molecule has 2 heteroatoms. The van der Waals surface area contributed by atoms with Gasteiger partial charge in [0.05, 0.1) is 5.71 Å². The quantitative estimate of drug-likeness (QED) is 0.401. The van der Waals surface area contributed by atoms with Gasteiger partial charge in [0.1, 0.15) is 7.11 Å². The first-order chi connectivity index (χ1) is 14.3. The molecule has 8 atom stereocenters. The molecule has 0 saturated heterocycles. The van der Waals surface area contributed by atoms with Crippen LogP contribution in [0.2, 0.25) is 0 Å². The topological polar surface area (TPSA) is 21.6 Å². The molecule has 4 aliphatic rings. The predicted octanol–water partition coefficient (Wildman–Crippen LogP) is 8.11. The van der Waals surface area contributed by atoms with Crippen LogP contribution in [-0.4, -0.2) is 12.8 Å². The first kappa shape index (κ1) is 22.7. The van der Waals surface area contributed by atoms with Crippen molar-refractivity contribution < 1.29 is 4.84 Å². The van der Waals surface area contributed by atoms with Gasteiger partial charge in [0.2, 0.25) is 0 Å². The fourth-order valence-corrected chi connectivity index (χ4v) is 9.30. The van der Waals surface area contributed by atoms with Gasteiger partial charge in [-0.2, -0.15) is 0 Å². The van der Waals surface area contributed by atoms with Gasteiger partial charge in [-0.05, 0) is 110 Å². The summed E-state index contributed by atoms with van der Waals surface area (Å²) in [4.78, 5) is 5.13. The zero-order valence-electron chi connectivity index (χ0n) is 20.9. The van der Waals surface area contributed by atoms with Crippen molar-refractivity contribution in [2.24, 2.45) is 57.4 Å². The van der Waals surface area contributed by atoms with Crippen LogP contribution in [0.3, 0.4) is 0 Å². The number of rotatable bonds is 6.